The Morgan fingerprint density at radius 1 is 1.38 bits per heavy atom. The van der Waals surface area contributed by atoms with E-state index in [2.05, 4.69) is 10.9 Å². The number of nitrogens with zero attached hydrogens (tertiary/aromatic N) is 1. The van der Waals surface area contributed by atoms with Crippen LogP contribution in [0.25, 0.3) is 0 Å². The van der Waals surface area contributed by atoms with E-state index in [0.717, 1.165) is 0 Å². The minimum absolute atomic E-state index is 0.236. The number of aromatic amines is 1. The molecule has 1 N–H and O–H groups in total. The van der Waals surface area contributed by atoms with Crippen molar-refractivity contribution in [3.05, 3.63) is 68.5 Å². The molecule has 1 aliphatic rings. The van der Waals surface area contributed by atoms with E-state index in [1.807, 2.05) is 0 Å². The molecule has 1 saturated heterocycles. The molecule has 0 saturated carbocycles. The molecule has 0 aliphatic carbocycles. The van der Waals surface area contributed by atoms with Crippen molar-refractivity contribution in [2.75, 3.05) is 0 Å². The molecule has 2 heterocycles. The minimum atomic E-state index is -0.676. The van der Waals surface area contributed by atoms with Crippen LogP contribution in [-0.4, -0.2) is 27.7 Å². The first-order chi connectivity index (χ1) is 12.5. The fraction of sp³-hybridized carbons (Fsp3) is 0.316. The lowest BCUT2D eigenvalue weighted by Crippen LogP contribution is -2.33. The molecular formula is C19H18N2O5. The SMILES string of the molecule is C#CC[C@H]1O[C@@H](n2cc(C)c(=O)[nH]c2=O)C[C@@H]1OC(=O)c1ccccc1. The molecule has 1 fully saturated rings. The Hall–Kier alpha value is -3.11. The lowest BCUT2D eigenvalue weighted by molar-refractivity contribution is -0.0271. The number of carbonyl (C=O) groups is 1. The summed E-state index contributed by atoms with van der Waals surface area (Å²) in [5.41, 5.74) is -0.226. The molecule has 3 atom stereocenters. The topological polar surface area (TPSA) is 90.4 Å². The second-order valence-corrected chi connectivity index (χ2v) is 6.06. The first kappa shape index (κ1) is 17.7. The molecule has 1 aromatic carbocycles. The monoisotopic (exact) mass is 354 g/mol. The third-order valence-electron chi connectivity index (χ3n) is 4.22. The minimum Gasteiger partial charge on any atom is -0.456 e. The van der Waals surface area contributed by atoms with Gasteiger partial charge in [0, 0.05) is 24.6 Å². The Morgan fingerprint density at radius 3 is 2.81 bits per heavy atom. The Labute approximate surface area is 149 Å². The molecule has 2 aromatic rings. The van der Waals surface area contributed by atoms with Crippen molar-refractivity contribution in [3.63, 3.8) is 0 Å². The van der Waals surface area contributed by atoms with Crippen LogP contribution in [0.5, 0.6) is 0 Å². The largest absolute Gasteiger partial charge is 0.456 e. The summed E-state index contributed by atoms with van der Waals surface area (Å²) in [7, 11) is 0. The Morgan fingerprint density at radius 2 is 2.12 bits per heavy atom. The van der Waals surface area contributed by atoms with Gasteiger partial charge in [0.05, 0.1) is 5.56 Å². The van der Waals surface area contributed by atoms with E-state index in [1.165, 1.54) is 10.8 Å². The Bertz CT molecular complexity index is 954. The standard InChI is InChI=1S/C19H18N2O5/c1-3-7-14-15(26-18(23)13-8-5-4-6-9-13)10-16(25-14)21-11-12(2)17(22)20-19(21)24/h1,4-6,8-9,11,14-16H,7,10H2,2H3,(H,20,22,24)/t14-,15+,16-/m1/s1. The van der Waals surface area contributed by atoms with Crippen molar-refractivity contribution in [2.24, 2.45) is 0 Å². The Balaban J connectivity index is 1.82. The smallest absolute Gasteiger partial charge is 0.338 e. The van der Waals surface area contributed by atoms with Crippen molar-refractivity contribution >= 4 is 5.97 Å². The molecule has 0 spiro atoms. The van der Waals surface area contributed by atoms with Crippen LogP contribution < -0.4 is 11.2 Å². The van der Waals surface area contributed by atoms with Crippen molar-refractivity contribution in [1.82, 2.24) is 9.55 Å². The third-order valence-corrected chi connectivity index (χ3v) is 4.22. The van der Waals surface area contributed by atoms with Gasteiger partial charge >= 0.3 is 11.7 Å². The van der Waals surface area contributed by atoms with Gasteiger partial charge in [0.25, 0.3) is 5.56 Å². The van der Waals surface area contributed by atoms with Gasteiger partial charge < -0.3 is 9.47 Å². The van der Waals surface area contributed by atoms with Gasteiger partial charge in [-0.1, -0.05) is 18.2 Å². The zero-order valence-corrected chi connectivity index (χ0v) is 14.2. The van der Waals surface area contributed by atoms with Gasteiger partial charge in [-0.25, -0.2) is 9.59 Å². The second-order valence-electron chi connectivity index (χ2n) is 6.06. The maximum Gasteiger partial charge on any atom is 0.338 e. The van der Waals surface area contributed by atoms with Crippen molar-refractivity contribution in [1.29, 1.82) is 0 Å². The number of benzene rings is 1. The van der Waals surface area contributed by atoms with E-state index in [-0.39, 0.29) is 12.8 Å². The van der Waals surface area contributed by atoms with Gasteiger partial charge in [-0.3, -0.25) is 14.3 Å². The average molecular weight is 354 g/mol. The van der Waals surface area contributed by atoms with Crippen molar-refractivity contribution in [2.45, 2.75) is 38.2 Å². The first-order valence-electron chi connectivity index (χ1n) is 8.16. The van der Waals surface area contributed by atoms with Crippen LogP contribution >= 0.6 is 0 Å². The molecule has 0 radical (unpaired) electrons. The molecule has 0 bridgehead atoms. The van der Waals surface area contributed by atoms with Crippen LogP contribution in [0.2, 0.25) is 0 Å². The zero-order valence-electron chi connectivity index (χ0n) is 14.2. The number of ether oxygens (including phenoxy) is 2. The lowest BCUT2D eigenvalue weighted by Gasteiger charge is -2.16. The van der Waals surface area contributed by atoms with Crippen LogP contribution in [0.3, 0.4) is 0 Å². The summed E-state index contributed by atoms with van der Waals surface area (Å²) < 4.78 is 12.7. The van der Waals surface area contributed by atoms with E-state index in [9.17, 15) is 14.4 Å². The fourth-order valence-electron chi connectivity index (χ4n) is 2.87. The molecule has 0 amide bonds. The normalized spacial score (nSPS) is 21.9. The molecule has 26 heavy (non-hydrogen) atoms. The zero-order chi connectivity index (χ0) is 18.7. The molecule has 1 aliphatic heterocycles. The van der Waals surface area contributed by atoms with Gasteiger partial charge in [-0.15, -0.1) is 12.3 Å². The molecule has 0 unspecified atom stereocenters. The van der Waals surface area contributed by atoms with Crippen LogP contribution in [0.15, 0.2) is 46.1 Å². The van der Waals surface area contributed by atoms with Gasteiger partial charge in [0.15, 0.2) is 0 Å². The van der Waals surface area contributed by atoms with E-state index in [4.69, 9.17) is 15.9 Å². The summed E-state index contributed by atoms with van der Waals surface area (Å²) in [5, 5.41) is 0. The van der Waals surface area contributed by atoms with E-state index in [0.29, 0.717) is 11.1 Å². The number of rotatable bonds is 4. The number of esters is 1. The quantitative estimate of drug-likeness (QED) is 0.662. The number of hydrogen-bond donors (Lipinski definition) is 1. The average Bonchev–Trinajstić information content (AvgIpc) is 3.01. The number of H-pyrrole nitrogens is 1. The lowest BCUT2D eigenvalue weighted by atomic mass is 10.1. The van der Waals surface area contributed by atoms with Crippen LogP contribution in [0.1, 0.15) is 35.0 Å². The fourth-order valence-corrected chi connectivity index (χ4v) is 2.87. The first-order valence-corrected chi connectivity index (χ1v) is 8.16. The third kappa shape index (κ3) is 3.60. The highest BCUT2D eigenvalue weighted by atomic mass is 16.6. The number of terminal acetylenes is 1. The maximum absolute atomic E-state index is 12.3. The second kappa shape index (κ2) is 7.42. The highest BCUT2D eigenvalue weighted by Crippen LogP contribution is 2.32. The van der Waals surface area contributed by atoms with E-state index < -0.39 is 35.7 Å². The number of nitrogens with one attached hydrogen (secondary N) is 1. The maximum atomic E-state index is 12.3. The number of hydrogen-bond acceptors (Lipinski definition) is 5. The molecule has 1 aromatic heterocycles. The van der Waals surface area contributed by atoms with Gasteiger partial charge in [-0.05, 0) is 19.1 Å². The molecular weight excluding hydrogens is 336 g/mol. The summed E-state index contributed by atoms with van der Waals surface area (Å²) in [6.45, 7) is 1.59. The molecule has 7 nitrogen and oxygen atoms in total. The molecule has 134 valence electrons. The van der Waals surface area contributed by atoms with Crippen molar-refractivity contribution < 1.29 is 14.3 Å². The van der Waals surface area contributed by atoms with Gasteiger partial charge in [-0.2, -0.15) is 0 Å². The highest BCUT2D eigenvalue weighted by molar-refractivity contribution is 5.89. The predicted molar refractivity (Wildman–Crippen MR) is 93.7 cm³/mol. The molecule has 3 rings (SSSR count). The summed E-state index contributed by atoms with van der Waals surface area (Å²) in [5.74, 6) is 2.02. The number of aryl methyl sites for hydroxylation is 1. The highest BCUT2D eigenvalue weighted by Gasteiger charge is 2.39. The summed E-state index contributed by atoms with van der Waals surface area (Å²) in [6.07, 6.45) is 5.51. The van der Waals surface area contributed by atoms with Crippen LogP contribution in [0, 0.1) is 19.3 Å². The molecule has 7 heteroatoms. The number of aromatic nitrogens is 2. The van der Waals surface area contributed by atoms with E-state index >= 15 is 0 Å². The van der Waals surface area contributed by atoms with Gasteiger partial charge in [0.1, 0.15) is 18.4 Å². The summed E-state index contributed by atoms with van der Waals surface area (Å²) >= 11 is 0. The summed E-state index contributed by atoms with van der Waals surface area (Å²) in [6, 6.07) is 8.60. The number of carbonyl (C=O) groups excluding carboxylic acids is 1. The van der Waals surface area contributed by atoms with Crippen LogP contribution in [-0.2, 0) is 9.47 Å². The predicted octanol–water partition coefficient (Wildman–Crippen LogP) is 1.38. The van der Waals surface area contributed by atoms with Gasteiger partial charge in [0.2, 0.25) is 0 Å². The van der Waals surface area contributed by atoms with Crippen molar-refractivity contribution in [3.8, 4) is 12.3 Å². The summed E-state index contributed by atoms with van der Waals surface area (Å²) in [4.78, 5) is 38.2. The van der Waals surface area contributed by atoms with E-state index in [1.54, 1.807) is 37.3 Å². The van der Waals surface area contributed by atoms with Crippen LogP contribution in [0.4, 0.5) is 0 Å². The Kier molecular flexibility index (Phi) is 5.05.